The lowest BCUT2D eigenvalue weighted by atomic mass is 10.0. The van der Waals surface area contributed by atoms with Gasteiger partial charge in [-0.05, 0) is 48.9 Å². The van der Waals surface area contributed by atoms with Gasteiger partial charge in [0.25, 0.3) is 5.56 Å². The van der Waals surface area contributed by atoms with Crippen molar-refractivity contribution in [2.45, 2.75) is 60.4 Å². The molecule has 1 aromatic heterocycles. The minimum atomic E-state index is -0.360. The van der Waals surface area contributed by atoms with Gasteiger partial charge in [-0.3, -0.25) is 14.3 Å². The topological polar surface area (TPSA) is 66.9 Å². The molecule has 25 heavy (non-hydrogen) atoms. The molecular formula is C20H29N3O2. The second-order valence-electron chi connectivity index (χ2n) is 7.30. The first-order valence-electron chi connectivity index (χ1n) is 8.95. The van der Waals surface area contributed by atoms with Gasteiger partial charge in [-0.1, -0.05) is 40.2 Å². The molecule has 1 atom stereocenters. The molecule has 0 saturated carbocycles. The highest BCUT2D eigenvalue weighted by Crippen LogP contribution is 2.25. The summed E-state index contributed by atoms with van der Waals surface area (Å²) in [5.41, 5.74) is 3.10. The van der Waals surface area contributed by atoms with Crippen LogP contribution < -0.4 is 16.6 Å². The van der Waals surface area contributed by atoms with E-state index in [-0.39, 0.29) is 17.2 Å². The van der Waals surface area contributed by atoms with Gasteiger partial charge in [0, 0.05) is 12.2 Å². The number of benzene rings is 1. The van der Waals surface area contributed by atoms with Crippen LogP contribution in [0.25, 0.3) is 0 Å². The Balaban J connectivity index is 2.66. The molecule has 2 aromatic rings. The monoisotopic (exact) mass is 343 g/mol. The predicted octanol–water partition coefficient (Wildman–Crippen LogP) is 4.07. The summed E-state index contributed by atoms with van der Waals surface area (Å²) in [5, 5.41) is 3.36. The summed E-state index contributed by atoms with van der Waals surface area (Å²) < 4.78 is 1.67. The van der Waals surface area contributed by atoms with Gasteiger partial charge in [0.05, 0.1) is 5.56 Å². The summed E-state index contributed by atoms with van der Waals surface area (Å²) in [5.74, 6) is 0.943. The number of nitrogens with one attached hydrogen (secondary N) is 2. The number of nitrogens with zero attached hydrogens (tertiary/aromatic N) is 1. The molecule has 0 bridgehead atoms. The van der Waals surface area contributed by atoms with Crippen molar-refractivity contribution in [1.29, 1.82) is 0 Å². The van der Waals surface area contributed by atoms with Crippen molar-refractivity contribution >= 4 is 11.5 Å². The Morgan fingerprint density at radius 2 is 1.68 bits per heavy atom. The first-order chi connectivity index (χ1) is 11.7. The number of aromatic amines is 1. The Bertz CT molecular complexity index is 842. The number of H-pyrrole nitrogens is 1. The van der Waals surface area contributed by atoms with Crippen LogP contribution in [0.3, 0.4) is 0 Å². The van der Waals surface area contributed by atoms with E-state index in [1.807, 2.05) is 39.8 Å². The molecule has 0 fully saturated rings. The van der Waals surface area contributed by atoms with Crippen molar-refractivity contribution < 1.29 is 0 Å². The third-order valence-corrected chi connectivity index (χ3v) is 4.49. The zero-order chi connectivity index (χ0) is 18.7. The maximum absolute atomic E-state index is 12.5. The molecule has 0 spiro atoms. The van der Waals surface area contributed by atoms with Gasteiger partial charge in [-0.2, -0.15) is 0 Å². The second kappa shape index (κ2) is 7.72. The number of rotatable bonds is 6. The Kier molecular flexibility index (Phi) is 5.88. The molecule has 0 saturated heterocycles. The first-order valence-corrected chi connectivity index (χ1v) is 8.95. The first kappa shape index (κ1) is 19.0. The van der Waals surface area contributed by atoms with Gasteiger partial charge < -0.3 is 5.32 Å². The van der Waals surface area contributed by atoms with Crippen LogP contribution in [0.4, 0.5) is 11.5 Å². The van der Waals surface area contributed by atoms with Crippen molar-refractivity contribution in [1.82, 2.24) is 9.55 Å². The van der Waals surface area contributed by atoms with Gasteiger partial charge >= 0.3 is 5.69 Å². The Labute approximate surface area is 149 Å². The molecule has 1 heterocycles. The van der Waals surface area contributed by atoms with Crippen LogP contribution >= 0.6 is 0 Å². The molecule has 0 aliphatic carbocycles. The van der Waals surface area contributed by atoms with E-state index in [1.54, 1.807) is 4.57 Å². The molecule has 0 radical (unpaired) electrons. The molecule has 0 aliphatic heterocycles. The van der Waals surface area contributed by atoms with Crippen molar-refractivity contribution in [2.75, 3.05) is 5.32 Å². The van der Waals surface area contributed by atoms with E-state index in [1.165, 1.54) is 0 Å². The Hall–Kier alpha value is -2.30. The van der Waals surface area contributed by atoms with E-state index < -0.39 is 0 Å². The van der Waals surface area contributed by atoms with Crippen LogP contribution in [0.2, 0.25) is 0 Å². The average molecular weight is 343 g/mol. The smallest absolute Gasteiger partial charge is 0.329 e. The largest absolute Gasteiger partial charge is 0.341 e. The number of hydrogen-bond acceptors (Lipinski definition) is 3. The van der Waals surface area contributed by atoms with E-state index in [2.05, 4.69) is 30.2 Å². The van der Waals surface area contributed by atoms with Crippen LogP contribution in [-0.2, 0) is 6.54 Å². The maximum atomic E-state index is 12.5. The number of anilines is 2. The maximum Gasteiger partial charge on any atom is 0.329 e. The molecule has 0 aliphatic rings. The van der Waals surface area contributed by atoms with Crippen molar-refractivity contribution in [3.63, 3.8) is 0 Å². The Morgan fingerprint density at radius 1 is 1.08 bits per heavy atom. The molecule has 5 nitrogen and oxygen atoms in total. The van der Waals surface area contributed by atoms with E-state index in [4.69, 9.17) is 0 Å². The van der Waals surface area contributed by atoms with E-state index in [0.29, 0.717) is 23.8 Å². The molecule has 136 valence electrons. The SMILES string of the molecule is CCC(C)Cn1c(Nc2cc(C)cc(C)c2)c(C(C)C)c(=O)[nH]c1=O. The lowest BCUT2D eigenvalue weighted by Gasteiger charge is -2.21. The highest BCUT2D eigenvalue weighted by molar-refractivity contribution is 5.61. The second-order valence-corrected chi connectivity index (χ2v) is 7.30. The summed E-state index contributed by atoms with van der Waals surface area (Å²) in [6, 6.07) is 6.14. The fourth-order valence-electron chi connectivity index (χ4n) is 3.06. The van der Waals surface area contributed by atoms with Gasteiger partial charge in [0.1, 0.15) is 5.82 Å². The molecule has 0 amide bonds. The van der Waals surface area contributed by atoms with Crippen LogP contribution in [0.15, 0.2) is 27.8 Å². The standard InChI is InChI=1S/C20H29N3O2/c1-7-13(4)11-23-18(17(12(2)3)19(24)22-20(23)25)21-16-9-14(5)8-15(6)10-16/h8-10,12-13,21H,7,11H2,1-6H3,(H,22,24,25). The van der Waals surface area contributed by atoms with Crippen molar-refractivity contribution in [2.24, 2.45) is 5.92 Å². The van der Waals surface area contributed by atoms with Crippen LogP contribution in [-0.4, -0.2) is 9.55 Å². The van der Waals surface area contributed by atoms with Crippen LogP contribution in [0, 0.1) is 19.8 Å². The zero-order valence-electron chi connectivity index (χ0n) is 16.1. The molecular weight excluding hydrogens is 314 g/mol. The molecule has 2 rings (SSSR count). The number of aromatic nitrogens is 2. The van der Waals surface area contributed by atoms with Gasteiger partial charge in [-0.15, -0.1) is 0 Å². The third kappa shape index (κ3) is 4.41. The minimum absolute atomic E-state index is 0.000869. The summed E-state index contributed by atoms with van der Waals surface area (Å²) in [4.78, 5) is 27.4. The fourth-order valence-corrected chi connectivity index (χ4v) is 3.06. The van der Waals surface area contributed by atoms with Gasteiger partial charge in [0.15, 0.2) is 0 Å². The lowest BCUT2D eigenvalue weighted by molar-refractivity contribution is 0.455. The van der Waals surface area contributed by atoms with Crippen molar-refractivity contribution in [3.05, 3.63) is 55.7 Å². The molecule has 1 unspecified atom stereocenters. The highest BCUT2D eigenvalue weighted by Gasteiger charge is 2.19. The van der Waals surface area contributed by atoms with Gasteiger partial charge in [-0.25, -0.2) is 4.79 Å². The van der Waals surface area contributed by atoms with E-state index >= 15 is 0 Å². The van der Waals surface area contributed by atoms with E-state index in [0.717, 1.165) is 23.2 Å². The van der Waals surface area contributed by atoms with Gasteiger partial charge in [0.2, 0.25) is 0 Å². The van der Waals surface area contributed by atoms with Crippen LogP contribution in [0.1, 0.15) is 56.7 Å². The third-order valence-electron chi connectivity index (χ3n) is 4.49. The van der Waals surface area contributed by atoms with E-state index in [9.17, 15) is 9.59 Å². The summed E-state index contributed by atoms with van der Waals surface area (Å²) >= 11 is 0. The summed E-state index contributed by atoms with van der Waals surface area (Å²) in [6.07, 6.45) is 0.964. The summed E-state index contributed by atoms with van der Waals surface area (Å²) in [7, 11) is 0. The number of hydrogen-bond donors (Lipinski definition) is 2. The average Bonchev–Trinajstić information content (AvgIpc) is 2.49. The lowest BCUT2D eigenvalue weighted by Crippen LogP contribution is -2.36. The summed E-state index contributed by atoms with van der Waals surface area (Å²) in [6.45, 7) is 12.8. The quantitative estimate of drug-likeness (QED) is 0.831. The highest BCUT2D eigenvalue weighted by atomic mass is 16.2. The number of aryl methyl sites for hydroxylation is 2. The normalized spacial score (nSPS) is 12.4. The molecule has 5 heteroatoms. The van der Waals surface area contributed by atoms with Crippen molar-refractivity contribution in [3.8, 4) is 0 Å². The molecule has 1 aromatic carbocycles. The molecule has 2 N–H and O–H groups in total. The fraction of sp³-hybridized carbons (Fsp3) is 0.500. The minimum Gasteiger partial charge on any atom is -0.341 e. The van der Waals surface area contributed by atoms with Crippen LogP contribution in [0.5, 0.6) is 0 Å². The predicted molar refractivity (Wildman–Crippen MR) is 104 cm³/mol. The Morgan fingerprint density at radius 3 is 2.20 bits per heavy atom. The zero-order valence-corrected chi connectivity index (χ0v) is 16.1.